The number of hydrogen-bond donors (Lipinski definition) is 0. The Morgan fingerprint density at radius 2 is 2.17 bits per heavy atom. The summed E-state index contributed by atoms with van der Waals surface area (Å²) in [4.78, 5) is 14.8. The average molecular weight is 335 g/mol. The lowest BCUT2D eigenvalue weighted by Crippen LogP contribution is -2.02. The van der Waals surface area contributed by atoms with E-state index in [-0.39, 0.29) is 17.5 Å². The number of halogens is 1. The van der Waals surface area contributed by atoms with Gasteiger partial charge in [0.15, 0.2) is 5.75 Å². The highest BCUT2D eigenvalue weighted by molar-refractivity contribution is 6.43. The molecule has 0 amide bonds. The zero-order chi connectivity index (χ0) is 17.0. The zero-order valence-corrected chi connectivity index (χ0v) is 14.1. The predicted octanol–water partition coefficient (Wildman–Crippen LogP) is 4.67. The van der Waals surface area contributed by atoms with E-state index in [1.807, 2.05) is 26.0 Å². The van der Waals surface area contributed by atoms with Gasteiger partial charge in [-0.2, -0.15) is 0 Å². The average Bonchev–Trinajstić information content (AvgIpc) is 3.30. The molecule has 0 atom stereocenters. The molecule has 0 unspecified atom stereocenters. The number of aryl methyl sites for hydroxylation is 1. The van der Waals surface area contributed by atoms with Gasteiger partial charge in [-0.25, -0.2) is 0 Å². The van der Waals surface area contributed by atoms with E-state index >= 15 is 0 Å². The van der Waals surface area contributed by atoms with Crippen molar-refractivity contribution in [2.24, 2.45) is 4.99 Å². The second-order valence-corrected chi connectivity index (χ2v) is 5.77. The lowest BCUT2D eigenvalue weighted by molar-refractivity contribution is -0.386. The molecule has 1 saturated carbocycles. The van der Waals surface area contributed by atoms with Crippen molar-refractivity contribution in [2.45, 2.75) is 32.8 Å². The van der Waals surface area contributed by atoms with Crippen LogP contribution in [0.1, 0.15) is 30.9 Å². The van der Waals surface area contributed by atoms with E-state index in [4.69, 9.17) is 16.3 Å². The highest BCUT2D eigenvalue weighted by Gasteiger charge is 2.28. The van der Waals surface area contributed by atoms with Gasteiger partial charge in [0.2, 0.25) is 0 Å². The summed E-state index contributed by atoms with van der Waals surface area (Å²) in [6, 6.07) is 3.23. The molecule has 6 heteroatoms. The number of rotatable bonds is 6. The second-order valence-electron chi connectivity index (χ2n) is 5.36. The Morgan fingerprint density at radius 1 is 1.48 bits per heavy atom. The number of aliphatic imine (C=N–C) groups is 1. The number of nitro groups is 1. The molecular weight excluding hydrogens is 316 g/mol. The molecule has 0 spiro atoms. The first-order chi connectivity index (χ1) is 11.0. The maximum absolute atomic E-state index is 11.3. The number of ether oxygens (including phenoxy) is 1. The largest absolute Gasteiger partial charge is 0.483 e. The van der Waals surface area contributed by atoms with Crippen molar-refractivity contribution in [3.8, 4) is 5.75 Å². The molecule has 1 aliphatic carbocycles. The summed E-state index contributed by atoms with van der Waals surface area (Å²) in [5.41, 5.74) is 2.30. The summed E-state index contributed by atoms with van der Waals surface area (Å²) in [5, 5.41) is 11.7. The summed E-state index contributed by atoms with van der Waals surface area (Å²) >= 11 is 6.31. The van der Waals surface area contributed by atoms with Crippen LogP contribution in [0.4, 0.5) is 5.69 Å². The number of benzene rings is 1. The van der Waals surface area contributed by atoms with Crippen LogP contribution in [-0.2, 0) is 0 Å². The lowest BCUT2D eigenvalue weighted by Gasteiger charge is -2.12. The summed E-state index contributed by atoms with van der Waals surface area (Å²) in [7, 11) is 1.64. The van der Waals surface area contributed by atoms with Crippen molar-refractivity contribution in [1.82, 2.24) is 0 Å². The van der Waals surface area contributed by atoms with E-state index in [0.717, 1.165) is 29.5 Å². The molecule has 0 aromatic heterocycles. The highest BCUT2D eigenvalue weighted by Crippen LogP contribution is 2.38. The minimum absolute atomic E-state index is 0.0155. The molecular formula is C17H19ClN2O3. The maximum atomic E-state index is 11.3. The fourth-order valence-corrected chi connectivity index (χ4v) is 2.48. The SMILES string of the molecule is C/C=C\C(=C(\Cl)C=NC)c1cc(OC2CC2)c([N+](=O)[O-])cc1C. The van der Waals surface area contributed by atoms with Gasteiger partial charge in [-0.05, 0) is 43.9 Å². The molecule has 0 N–H and O–H groups in total. The first kappa shape index (κ1) is 17.2. The quantitative estimate of drug-likeness (QED) is 0.328. The van der Waals surface area contributed by atoms with Crippen molar-refractivity contribution < 1.29 is 9.66 Å². The smallest absolute Gasteiger partial charge is 0.311 e. The first-order valence-corrected chi connectivity index (χ1v) is 7.76. The van der Waals surface area contributed by atoms with Gasteiger partial charge < -0.3 is 4.74 Å². The maximum Gasteiger partial charge on any atom is 0.311 e. The fourth-order valence-electron chi connectivity index (χ4n) is 2.21. The number of nitro benzene ring substituents is 1. The van der Waals surface area contributed by atoms with E-state index in [1.54, 1.807) is 19.3 Å². The van der Waals surface area contributed by atoms with Crippen LogP contribution in [0, 0.1) is 17.0 Å². The topological polar surface area (TPSA) is 64.7 Å². The molecule has 0 aliphatic heterocycles. The van der Waals surface area contributed by atoms with Crippen LogP contribution >= 0.6 is 11.6 Å². The van der Waals surface area contributed by atoms with Crippen molar-refractivity contribution >= 4 is 29.1 Å². The standard InChI is InChI=1S/C17H19ClN2O3/c1-4-5-13(15(18)10-19-3)14-9-17(23-12-6-7-12)16(20(21)22)8-11(14)2/h4-5,8-10,12H,6-7H2,1-3H3/b5-4-,15-13-,19-10?. The molecule has 0 saturated heterocycles. The van der Waals surface area contributed by atoms with Gasteiger partial charge in [0, 0.05) is 24.9 Å². The Kier molecular flexibility index (Phi) is 5.55. The predicted molar refractivity (Wildman–Crippen MR) is 93.5 cm³/mol. The lowest BCUT2D eigenvalue weighted by atomic mass is 9.98. The Bertz CT molecular complexity index is 704. The van der Waals surface area contributed by atoms with Crippen LogP contribution < -0.4 is 4.74 Å². The Hall–Kier alpha value is -2.14. The van der Waals surface area contributed by atoms with E-state index in [0.29, 0.717) is 5.03 Å². The van der Waals surface area contributed by atoms with Crippen LogP contribution in [0.3, 0.4) is 0 Å². The third-order valence-electron chi connectivity index (χ3n) is 3.44. The molecule has 1 aliphatic rings. The summed E-state index contributed by atoms with van der Waals surface area (Å²) < 4.78 is 5.72. The van der Waals surface area contributed by atoms with Gasteiger partial charge in [-0.15, -0.1) is 0 Å². The van der Waals surface area contributed by atoms with E-state index in [2.05, 4.69) is 4.99 Å². The number of allylic oxidation sites excluding steroid dienone is 4. The minimum Gasteiger partial charge on any atom is -0.483 e. The third kappa shape index (κ3) is 4.20. The van der Waals surface area contributed by atoms with Crippen LogP contribution in [0.5, 0.6) is 5.75 Å². The van der Waals surface area contributed by atoms with Crippen LogP contribution in [-0.4, -0.2) is 24.3 Å². The molecule has 1 aromatic rings. The van der Waals surface area contributed by atoms with Crippen molar-refractivity contribution in [3.05, 3.63) is 50.6 Å². The summed E-state index contributed by atoms with van der Waals surface area (Å²) in [6.07, 6.45) is 7.22. The molecule has 2 rings (SSSR count). The molecule has 23 heavy (non-hydrogen) atoms. The Morgan fingerprint density at radius 3 is 2.70 bits per heavy atom. The van der Waals surface area contributed by atoms with Crippen molar-refractivity contribution in [2.75, 3.05) is 7.05 Å². The Labute approximate surface area is 140 Å². The molecule has 5 nitrogen and oxygen atoms in total. The minimum atomic E-state index is -0.414. The molecule has 122 valence electrons. The third-order valence-corrected chi connectivity index (χ3v) is 3.75. The van der Waals surface area contributed by atoms with Gasteiger partial charge in [0.25, 0.3) is 0 Å². The Balaban J connectivity index is 2.60. The van der Waals surface area contributed by atoms with Gasteiger partial charge in [0.05, 0.1) is 16.1 Å². The fraction of sp³-hybridized carbons (Fsp3) is 0.353. The monoisotopic (exact) mass is 334 g/mol. The van der Waals surface area contributed by atoms with Crippen LogP contribution in [0.25, 0.3) is 5.57 Å². The van der Waals surface area contributed by atoms with E-state index < -0.39 is 4.92 Å². The van der Waals surface area contributed by atoms with E-state index in [9.17, 15) is 10.1 Å². The second kappa shape index (κ2) is 7.42. The normalized spacial score (nSPS) is 16.0. The van der Waals surface area contributed by atoms with E-state index in [1.165, 1.54) is 6.07 Å². The molecule has 0 radical (unpaired) electrons. The van der Waals surface area contributed by atoms with Gasteiger partial charge >= 0.3 is 5.69 Å². The van der Waals surface area contributed by atoms with Gasteiger partial charge in [-0.3, -0.25) is 15.1 Å². The molecule has 1 aromatic carbocycles. The summed E-state index contributed by atoms with van der Waals surface area (Å²) in [5.74, 6) is 0.290. The van der Waals surface area contributed by atoms with Crippen LogP contribution in [0.2, 0.25) is 0 Å². The number of nitrogens with zero attached hydrogens (tertiary/aromatic N) is 2. The van der Waals surface area contributed by atoms with Crippen molar-refractivity contribution in [3.63, 3.8) is 0 Å². The highest BCUT2D eigenvalue weighted by atomic mass is 35.5. The number of hydrogen-bond acceptors (Lipinski definition) is 4. The van der Waals surface area contributed by atoms with Gasteiger partial charge in [0.1, 0.15) is 0 Å². The van der Waals surface area contributed by atoms with Gasteiger partial charge in [-0.1, -0.05) is 23.8 Å². The zero-order valence-electron chi connectivity index (χ0n) is 13.4. The molecule has 1 fully saturated rings. The summed E-state index contributed by atoms with van der Waals surface area (Å²) in [6.45, 7) is 3.70. The van der Waals surface area contributed by atoms with Crippen LogP contribution in [0.15, 0.2) is 34.3 Å². The first-order valence-electron chi connectivity index (χ1n) is 7.38. The molecule has 0 bridgehead atoms. The van der Waals surface area contributed by atoms with Crippen molar-refractivity contribution in [1.29, 1.82) is 0 Å². The molecule has 0 heterocycles.